The number of aryl methyl sites for hydroxylation is 1. The lowest BCUT2D eigenvalue weighted by Gasteiger charge is -2.12. The molecule has 0 amide bonds. The molecule has 1 heterocycles. The van der Waals surface area contributed by atoms with Gasteiger partial charge in [0.1, 0.15) is 0 Å². The standard InChI is InChI=1S/C14H16N2O3/c1-3-10-6-4-5-7-11(10)8-16-13(18)9(2)12(17)15-14(16)19/h4-7,18H,3,8H2,1-2H3,(H,15,17,19). The number of H-pyrrole nitrogens is 1. The Morgan fingerprint density at radius 2 is 1.84 bits per heavy atom. The Balaban J connectivity index is 2.53. The van der Waals surface area contributed by atoms with Crippen molar-refractivity contribution < 1.29 is 5.11 Å². The molecule has 1 aromatic heterocycles. The first-order valence-corrected chi connectivity index (χ1v) is 6.14. The molecule has 5 heteroatoms. The van der Waals surface area contributed by atoms with Gasteiger partial charge in [-0.2, -0.15) is 0 Å². The average Bonchev–Trinajstić information content (AvgIpc) is 2.41. The number of hydrogen-bond acceptors (Lipinski definition) is 3. The van der Waals surface area contributed by atoms with Gasteiger partial charge in [0.05, 0.1) is 12.1 Å². The molecule has 0 unspecified atom stereocenters. The number of benzene rings is 1. The minimum absolute atomic E-state index is 0.147. The van der Waals surface area contributed by atoms with E-state index in [9.17, 15) is 14.7 Å². The van der Waals surface area contributed by atoms with Crippen LogP contribution in [-0.2, 0) is 13.0 Å². The van der Waals surface area contributed by atoms with Crippen LogP contribution < -0.4 is 11.2 Å². The maximum atomic E-state index is 11.8. The Hall–Kier alpha value is -2.30. The minimum atomic E-state index is -0.598. The van der Waals surface area contributed by atoms with Crippen LogP contribution in [0.15, 0.2) is 33.9 Å². The normalized spacial score (nSPS) is 10.6. The van der Waals surface area contributed by atoms with Gasteiger partial charge in [0.25, 0.3) is 5.56 Å². The molecule has 0 aliphatic heterocycles. The highest BCUT2D eigenvalue weighted by atomic mass is 16.3. The van der Waals surface area contributed by atoms with Gasteiger partial charge in [-0.1, -0.05) is 31.2 Å². The fraction of sp³-hybridized carbons (Fsp3) is 0.286. The third kappa shape index (κ3) is 2.45. The molecule has 0 radical (unpaired) electrons. The molecule has 0 spiro atoms. The van der Waals surface area contributed by atoms with E-state index in [-0.39, 0.29) is 18.0 Å². The van der Waals surface area contributed by atoms with E-state index in [1.54, 1.807) is 0 Å². The van der Waals surface area contributed by atoms with Crippen LogP contribution in [0.2, 0.25) is 0 Å². The summed E-state index contributed by atoms with van der Waals surface area (Å²) < 4.78 is 1.17. The number of rotatable bonds is 3. The van der Waals surface area contributed by atoms with Gasteiger partial charge in [0, 0.05) is 0 Å². The zero-order valence-corrected chi connectivity index (χ0v) is 10.9. The maximum absolute atomic E-state index is 11.8. The predicted molar refractivity (Wildman–Crippen MR) is 72.6 cm³/mol. The first-order valence-electron chi connectivity index (χ1n) is 6.14. The Morgan fingerprint density at radius 3 is 2.47 bits per heavy atom. The van der Waals surface area contributed by atoms with Crippen molar-refractivity contribution in [2.75, 3.05) is 0 Å². The van der Waals surface area contributed by atoms with Crippen LogP contribution in [-0.4, -0.2) is 14.7 Å². The largest absolute Gasteiger partial charge is 0.494 e. The van der Waals surface area contributed by atoms with Gasteiger partial charge < -0.3 is 5.11 Å². The molecule has 100 valence electrons. The molecule has 0 saturated heterocycles. The van der Waals surface area contributed by atoms with Gasteiger partial charge >= 0.3 is 5.69 Å². The Labute approximate surface area is 110 Å². The molecule has 19 heavy (non-hydrogen) atoms. The number of aromatic amines is 1. The van der Waals surface area contributed by atoms with Gasteiger partial charge in [-0.15, -0.1) is 0 Å². The quantitative estimate of drug-likeness (QED) is 0.869. The molecule has 0 aliphatic carbocycles. The average molecular weight is 260 g/mol. The van der Waals surface area contributed by atoms with Crippen molar-refractivity contribution in [2.24, 2.45) is 0 Å². The van der Waals surface area contributed by atoms with Crippen molar-refractivity contribution in [3.63, 3.8) is 0 Å². The van der Waals surface area contributed by atoms with Crippen molar-refractivity contribution in [3.05, 3.63) is 61.8 Å². The lowest BCUT2D eigenvalue weighted by Crippen LogP contribution is -2.31. The topological polar surface area (TPSA) is 75.1 Å². The zero-order chi connectivity index (χ0) is 14.0. The molecule has 5 nitrogen and oxygen atoms in total. The molecule has 2 rings (SSSR count). The first kappa shape index (κ1) is 13.1. The van der Waals surface area contributed by atoms with Crippen LogP contribution in [0.3, 0.4) is 0 Å². The molecule has 0 aliphatic rings. The number of nitrogens with one attached hydrogen (secondary N) is 1. The molecule has 0 fully saturated rings. The number of nitrogens with zero attached hydrogens (tertiary/aromatic N) is 1. The summed E-state index contributed by atoms with van der Waals surface area (Å²) in [6, 6.07) is 7.71. The SMILES string of the molecule is CCc1ccccc1Cn1c(O)c(C)c(=O)[nH]c1=O. The Bertz CT molecular complexity index is 713. The van der Waals surface area contributed by atoms with E-state index >= 15 is 0 Å². The highest BCUT2D eigenvalue weighted by molar-refractivity contribution is 5.29. The van der Waals surface area contributed by atoms with Gasteiger partial charge in [-0.25, -0.2) is 4.79 Å². The minimum Gasteiger partial charge on any atom is -0.494 e. The van der Waals surface area contributed by atoms with Crippen molar-refractivity contribution in [3.8, 4) is 5.88 Å². The first-order chi connectivity index (χ1) is 9.04. The number of aromatic nitrogens is 2. The van der Waals surface area contributed by atoms with Crippen LogP contribution in [0.1, 0.15) is 23.6 Å². The second-order valence-corrected chi connectivity index (χ2v) is 4.42. The van der Waals surface area contributed by atoms with E-state index in [0.717, 1.165) is 17.5 Å². The second kappa shape index (κ2) is 5.14. The molecular weight excluding hydrogens is 244 g/mol. The van der Waals surface area contributed by atoms with Gasteiger partial charge in [0.15, 0.2) is 0 Å². The summed E-state index contributed by atoms with van der Waals surface area (Å²) in [5.41, 5.74) is 1.06. The van der Waals surface area contributed by atoms with Crippen LogP contribution >= 0.6 is 0 Å². The fourth-order valence-electron chi connectivity index (χ4n) is 2.03. The number of aromatic hydroxyl groups is 1. The molecule has 2 aromatic rings. The van der Waals surface area contributed by atoms with Crippen molar-refractivity contribution >= 4 is 0 Å². The summed E-state index contributed by atoms with van der Waals surface area (Å²) in [6.45, 7) is 3.75. The molecule has 2 N–H and O–H groups in total. The molecule has 0 saturated carbocycles. The van der Waals surface area contributed by atoms with Gasteiger partial charge in [-0.05, 0) is 24.5 Å². The van der Waals surface area contributed by atoms with E-state index in [4.69, 9.17) is 0 Å². The van der Waals surface area contributed by atoms with E-state index in [1.807, 2.05) is 31.2 Å². The smallest absolute Gasteiger partial charge is 0.331 e. The maximum Gasteiger partial charge on any atom is 0.331 e. The highest BCUT2D eigenvalue weighted by Crippen LogP contribution is 2.14. The zero-order valence-electron chi connectivity index (χ0n) is 10.9. The van der Waals surface area contributed by atoms with Crippen LogP contribution in [0.5, 0.6) is 5.88 Å². The predicted octanol–water partition coefficient (Wildman–Crippen LogP) is 1.16. The summed E-state index contributed by atoms with van der Waals surface area (Å²) in [7, 11) is 0. The van der Waals surface area contributed by atoms with Crippen LogP contribution in [0.25, 0.3) is 0 Å². The van der Waals surface area contributed by atoms with E-state index < -0.39 is 11.2 Å². The third-order valence-corrected chi connectivity index (χ3v) is 3.23. The summed E-state index contributed by atoms with van der Waals surface area (Å²) in [5.74, 6) is -0.278. The van der Waals surface area contributed by atoms with Crippen molar-refractivity contribution in [1.82, 2.24) is 9.55 Å². The molecular formula is C14H16N2O3. The summed E-state index contributed by atoms with van der Waals surface area (Å²) in [6.07, 6.45) is 0.841. The van der Waals surface area contributed by atoms with E-state index in [0.29, 0.717) is 0 Å². The Morgan fingerprint density at radius 1 is 1.21 bits per heavy atom. The molecule has 0 atom stereocenters. The lowest BCUT2D eigenvalue weighted by molar-refractivity contribution is 0.404. The fourth-order valence-corrected chi connectivity index (χ4v) is 2.03. The number of hydrogen-bond donors (Lipinski definition) is 2. The van der Waals surface area contributed by atoms with Crippen LogP contribution in [0, 0.1) is 6.92 Å². The molecule has 0 bridgehead atoms. The van der Waals surface area contributed by atoms with Crippen LogP contribution in [0.4, 0.5) is 0 Å². The lowest BCUT2D eigenvalue weighted by atomic mass is 10.1. The van der Waals surface area contributed by atoms with Gasteiger partial charge in [-0.3, -0.25) is 14.3 Å². The summed E-state index contributed by atoms with van der Waals surface area (Å²) in [4.78, 5) is 25.3. The Kier molecular flexibility index (Phi) is 3.55. The summed E-state index contributed by atoms with van der Waals surface area (Å²) >= 11 is 0. The highest BCUT2D eigenvalue weighted by Gasteiger charge is 2.11. The van der Waals surface area contributed by atoms with E-state index in [2.05, 4.69) is 4.98 Å². The van der Waals surface area contributed by atoms with Crippen molar-refractivity contribution in [1.29, 1.82) is 0 Å². The van der Waals surface area contributed by atoms with Crippen molar-refractivity contribution in [2.45, 2.75) is 26.8 Å². The van der Waals surface area contributed by atoms with E-state index in [1.165, 1.54) is 11.5 Å². The molecule has 1 aromatic carbocycles. The monoisotopic (exact) mass is 260 g/mol. The van der Waals surface area contributed by atoms with Gasteiger partial charge in [0.2, 0.25) is 5.88 Å². The summed E-state index contributed by atoms with van der Waals surface area (Å²) in [5, 5.41) is 9.93. The third-order valence-electron chi connectivity index (χ3n) is 3.23. The second-order valence-electron chi connectivity index (χ2n) is 4.42.